The third kappa shape index (κ3) is 3.42. The van der Waals surface area contributed by atoms with Gasteiger partial charge in [0.1, 0.15) is 5.82 Å². The van der Waals surface area contributed by atoms with Crippen LogP contribution in [0.5, 0.6) is 0 Å². The number of carbonyl (C=O) groups excluding carboxylic acids is 1. The normalized spacial score (nSPS) is 10.2. The van der Waals surface area contributed by atoms with Crippen molar-refractivity contribution < 1.29 is 9.18 Å². The molecule has 2 N–H and O–H groups in total. The molecule has 0 saturated carbocycles. The maximum Gasteiger partial charge on any atom is 0.253 e. The van der Waals surface area contributed by atoms with Gasteiger partial charge in [-0.25, -0.2) is 4.39 Å². The number of benzene rings is 1. The number of rotatable bonds is 3. The minimum Gasteiger partial charge on any atom is -0.348 e. The Morgan fingerprint density at radius 2 is 2.11 bits per heavy atom. The van der Waals surface area contributed by atoms with Crippen molar-refractivity contribution in [3.8, 4) is 0 Å². The van der Waals surface area contributed by atoms with Gasteiger partial charge in [-0.05, 0) is 23.8 Å². The summed E-state index contributed by atoms with van der Waals surface area (Å²) in [5, 5.41) is 2.65. The van der Waals surface area contributed by atoms with E-state index in [2.05, 4.69) is 10.3 Å². The van der Waals surface area contributed by atoms with Crippen LogP contribution >= 0.6 is 11.6 Å². The minimum atomic E-state index is -0.502. The number of hydrogen-bond acceptors (Lipinski definition) is 2. The topological polar surface area (TPSA) is 62.0 Å². The molecule has 0 bridgehead atoms. The van der Waals surface area contributed by atoms with E-state index in [-0.39, 0.29) is 23.0 Å². The van der Waals surface area contributed by atoms with Crippen molar-refractivity contribution in [2.75, 3.05) is 0 Å². The first-order valence-electron chi connectivity index (χ1n) is 5.47. The molecule has 1 heterocycles. The molecule has 6 heteroatoms. The second-order valence-corrected chi connectivity index (χ2v) is 4.28. The minimum absolute atomic E-state index is 0.00999. The molecular formula is C13H10ClFN2O2. The highest BCUT2D eigenvalue weighted by molar-refractivity contribution is 6.30. The molecule has 0 aliphatic heterocycles. The largest absolute Gasteiger partial charge is 0.348 e. The Labute approximate surface area is 113 Å². The van der Waals surface area contributed by atoms with E-state index in [1.165, 1.54) is 36.5 Å². The predicted octanol–water partition coefficient (Wildman–Crippen LogP) is 2.10. The highest BCUT2D eigenvalue weighted by Crippen LogP contribution is 2.15. The van der Waals surface area contributed by atoms with Gasteiger partial charge in [-0.2, -0.15) is 0 Å². The van der Waals surface area contributed by atoms with Crippen molar-refractivity contribution in [1.29, 1.82) is 0 Å². The molecule has 0 aliphatic rings. The average molecular weight is 281 g/mol. The van der Waals surface area contributed by atoms with Crippen molar-refractivity contribution in [2.45, 2.75) is 6.54 Å². The zero-order chi connectivity index (χ0) is 13.8. The molecule has 0 unspecified atom stereocenters. The lowest BCUT2D eigenvalue weighted by Crippen LogP contribution is -2.23. The Morgan fingerprint density at radius 3 is 2.74 bits per heavy atom. The van der Waals surface area contributed by atoms with Gasteiger partial charge in [0, 0.05) is 18.8 Å². The van der Waals surface area contributed by atoms with E-state index in [4.69, 9.17) is 11.6 Å². The lowest BCUT2D eigenvalue weighted by atomic mass is 10.2. The monoisotopic (exact) mass is 280 g/mol. The number of aromatic amines is 1. The van der Waals surface area contributed by atoms with E-state index < -0.39 is 5.82 Å². The van der Waals surface area contributed by atoms with Gasteiger partial charge in [-0.15, -0.1) is 0 Å². The zero-order valence-corrected chi connectivity index (χ0v) is 10.5. The molecule has 98 valence electrons. The highest BCUT2D eigenvalue weighted by atomic mass is 35.5. The number of carbonyl (C=O) groups is 1. The first-order valence-corrected chi connectivity index (χ1v) is 5.85. The summed E-state index contributed by atoms with van der Waals surface area (Å²) in [5.74, 6) is -0.839. The summed E-state index contributed by atoms with van der Waals surface area (Å²) in [4.78, 5) is 25.0. The number of aromatic nitrogens is 1. The molecule has 0 spiro atoms. The number of nitrogens with one attached hydrogen (secondary N) is 2. The molecule has 19 heavy (non-hydrogen) atoms. The van der Waals surface area contributed by atoms with Crippen LogP contribution in [0.25, 0.3) is 0 Å². The Hall–Kier alpha value is -2.14. The van der Waals surface area contributed by atoms with Crippen molar-refractivity contribution in [2.24, 2.45) is 0 Å². The number of halogens is 2. The third-order valence-electron chi connectivity index (χ3n) is 2.48. The van der Waals surface area contributed by atoms with Gasteiger partial charge >= 0.3 is 0 Å². The van der Waals surface area contributed by atoms with E-state index in [0.29, 0.717) is 11.1 Å². The second-order valence-electron chi connectivity index (χ2n) is 3.87. The van der Waals surface area contributed by atoms with E-state index in [9.17, 15) is 14.0 Å². The number of pyridine rings is 1. The van der Waals surface area contributed by atoms with Crippen LogP contribution in [-0.4, -0.2) is 10.9 Å². The first-order chi connectivity index (χ1) is 9.06. The molecule has 1 aromatic carbocycles. The Balaban J connectivity index is 2.02. The molecular weight excluding hydrogens is 271 g/mol. The quantitative estimate of drug-likeness (QED) is 0.904. The molecule has 2 aromatic rings. The van der Waals surface area contributed by atoms with Gasteiger partial charge in [0.25, 0.3) is 5.91 Å². The SMILES string of the molecule is O=C(NCc1ccc(F)c(Cl)c1)c1ccc(=O)[nH]c1. The molecule has 4 nitrogen and oxygen atoms in total. The van der Waals surface area contributed by atoms with Crippen molar-refractivity contribution in [1.82, 2.24) is 10.3 Å². The maximum atomic E-state index is 12.9. The van der Waals surface area contributed by atoms with E-state index in [1.807, 2.05) is 0 Å². The molecule has 0 fully saturated rings. The average Bonchev–Trinajstić information content (AvgIpc) is 2.40. The molecule has 0 atom stereocenters. The summed E-state index contributed by atoms with van der Waals surface area (Å²) in [6.45, 7) is 0.220. The van der Waals surface area contributed by atoms with Crippen LogP contribution in [0.2, 0.25) is 5.02 Å². The lowest BCUT2D eigenvalue weighted by Gasteiger charge is -2.05. The fraction of sp³-hybridized carbons (Fsp3) is 0.0769. The second kappa shape index (κ2) is 5.67. The molecule has 1 aromatic heterocycles. The summed E-state index contributed by atoms with van der Waals surface area (Å²) in [5.41, 5.74) is 0.749. The van der Waals surface area contributed by atoms with Crippen LogP contribution in [0, 0.1) is 5.82 Å². The lowest BCUT2D eigenvalue weighted by molar-refractivity contribution is 0.0950. The van der Waals surface area contributed by atoms with E-state index >= 15 is 0 Å². The fourth-order valence-corrected chi connectivity index (χ4v) is 1.69. The molecule has 1 amide bonds. The van der Waals surface area contributed by atoms with Crippen LogP contribution in [0.15, 0.2) is 41.3 Å². The predicted molar refractivity (Wildman–Crippen MR) is 69.6 cm³/mol. The smallest absolute Gasteiger partial charge is 0.253 e. The van der Waals surface area contributed by atoms with Gasteiger partial charge in [0.15, 0.2) is 0 Å². The van der Waals surface area contributed by atoms with Gasteiger partial charge in [0.05, 0.1) is 10.6 Å². The standard InChI is InChI=1S/C13H10ClFN2O2/c14-10-5-8(1-3-11(10)15)6-17-13(19)9-2-4-12(18)16-7-9/h1-5,7H,6H2,(H,16,18)(H,17,19). The first kappa shape index (κ1) is 13.3. The summed E-state index contributed by atoms with van der Waals surface area (Å²) in [7, 11) is 0. The van der Waals surface area contributed by atoms with Gasteiger partial charge in [0.2, 0.25) is 5.56 Å². The van der Waals surface area contributed by atoms with Crippen LogP contribution in [0.4, 0.5) is 4.39 Å². The Kier molecular flexibility index (Phi) is 3.97. The van der Waals surface area contributed by atoms with Gasteiger partial charge in [-0.1, -0.05) is 17.7 Å². The zero-order valence-electron chi connectivity index (χ0n) is 9.74. The van der Waals surface area contributed by atoms with E-state index in [0.717, 1.165) is 0 Å². The third-order valence-corrected chi connectivity index (χ3v) is 2.77. The Bertz CT molecular complexity index is 649. The molecule has 0 radical (unpaired) electrons. The fourth-order valence-electron chi connectivity index (χ4n) is 1.49. The summed E-state index contributed by atoms with van der Waals surface area (Å²) < 4.78 is 12.9. The molecule has 2 rings (SSSR count). The molecule has 0 saturated heterocycles. The van der Waals surface area contributed by atoms with Gasteiger partial charge < -0.3 is 10.3 Å². The van der Waals surface area contributed by atoms with Crippen LogP contribution in [0.1, 0.15) is 15.9 Å². The van der Waals surface area contributed by atoms with Crippen molar-refractivity contribution in [3.63, 3.8) is 0 Å². The van der Waals surface area contributed by atoms with E-state index in [1.54, 1.807) is 0 Å². The number of amides is 1. The molecule has 0 aliphatic carbocycles. The summed E-state index contributed by atoms with van der Waals surface area (Å²) in [6.07, 6.45) is 1.33. The number of hydrogen-bond donors (Lipinski definition) is 2. The summed E-state index contributed by atoms with van der Waals surface area (Å²) >= 11 is 5.64. The van der Waals surface area contributed by atoms with Crippen LogP contribution in [-0.2, 0) is 6.54 Å². The Morgan fingerprint density at radius 1 is 1.32 bits per heavy atom. The highest BCUT2D eigenvalue weighted by Gasteiger charge is 2.06. The van der Waals surface area contributed by atoms with Crippen LogP contribution < -0.4 is 10.9 Å². The van der Waals surface area contributed by atoms with Gasteiger partial charge in [-0.3, -0.25) is 9.59 Å². The van der Waals surface area contributed by atoms with Crippen LogP contribution in [0.3, 0.4) is 0 Å². The van der Waals surface area contributed by atoms with Crippen molar-refractivity contribution in [3.05, 3.63) is 68.8 Å². The maximum absolute atomic E-state index is 12.9. The number of H-pyrrole nitrogens is 1. The van der Waals surface area contributed by atoms with Crippen molar-refractivity contribution >= 4 is 17.5 Å². The summed E-state index contributed by atoms with van der Waals surface area (Å²) in [6, 6.07) is 6.91.